The zero-order chi connectivity index (χ0) is 12.3. The maximum absolute atomic E-state index is 12.0. The Labute approximate surface area is 130 Å². The van der Waals surface area contributed by atoms with Crippen molar-refractivity contribution in [3.63, 3.8) is 0 Å². The number of halogens is 2. The topological polar surface area (TPSA) is 59.2 Å². The molecule has 4 nitrogen and oxygen atoms in total. The van der Waals surface area contributed by atoms with Crippen LogP contribution in [0.3, 0.4) is 0 Å². The summed E-state index contributed by atoms with van der Waals surface area (Å²) < 4.78 is 0. The van der Waals surface area contributed by atoms with Gasteiger partial charge in [-0.25, -0.2) is 4.98 Å². The van der Waals surface area contributed by atoms with Crippen molar-refractivity contribution in [3.8, 4) is 0 Å². The minimum Gasteiger partial charge on any atom is -0.341 e. The fraction of sp³-hybridized carbons (Fsp3) is 0.667. The van der Waals surface area contributed by atoms with E-state index in [0.29, 0.717) is 13.0 Å². The third-order valence-corrected chi connectivity index (χ3v) is 4.09. The number of carbonyl (C=O) groups excluding carboxylic acids is 1. The normalized spacial score (nSPS) is 18.4. The van der Waals surface area contributed by atoms with Gasteiger partial charge in [0.15, 0.2) is 0 Å². The van der Waals surface area contributed by atoms with E-state index in [-0.39, 0.29) is 36.8 Å². The van der Waals surface area contributed by atoms with Crippen LogP contribution in [-0.4, -0.2) is 34.9 Å². The molecule has 1 atom stereocenters. The molecular weight excluding hydrogens is 305 g/mol. The van der Waals surface area contributed by atoms with Gasteiger partial charge in [0.1, 0.15) is 0 Å². The summed E-state index contributed by atoms with van der Waals surface area (Å²) in [5.74, 6) is 0.160. The van der Waals surface area contributed by atoms with Crippen LogP contribution >= 0.6 is 36.2 Å². The maximum atomic E-state index is 12.0. The average molecular weight is 326 g/mol. The Morgan fingerprint density at radius 2 is 2.32 bits per heavy atom. The zero-order valence-electron chi connectivity index (χ0n) is 11.0. The van der Waals surface area contributed by atoms with Crippen LogP contribution in [0.5, 0.6) is 0 Å². The number of aromatic nitrogens is 1. The fourth-order valence-corrected chi connectivity index (χ4v) is 2.84. The molecule has 1 aromatic heterocycles. The van der Waals surface area contributed by atoms with Gasteiger partial charge in [0.05, 0.1) is 17.1 Å². The van der Waals surface area contributed by atoms with Crippen molar-refractivity contribution in [2.75, 3.05) is 13.1 Å². The summed E-state index contributed by atoms with van der Waals surface area (Å²) in [6.07, 6.45) is 3.40. The molecule has 0 aromatic carbocycles. The fourth-order valence-electron chi connectivity index (χ4n) is 2.10. The number of thiazole rings is 1. The van der Waals surface area contributed by atoms with Crippen molar-refractivity contribution < 1.29 is 4.79 Å². The van der Waals surface area contributed by atoms with Crippen LogP contribution in [0.15, 0.2) is 5.38 Å². The predicted molar refractivity (Wildman–Crippen MR) is 83.5 cm³/mol. The minimum atomic E-state index is 0. The van der Waals surface area contributed by atoms with E-state index in [1.165, 1.54) is 0 Å². The number of likely N-dealkylation sites (tertiary alicyclic amines) is 1. The molecule has 19 heavy (non-hydrogen) atoms. The van der Waals surface area contributed by atoms with E-state index in [0.717, 1.165) is 36.5 Å². The van der Waals surface area contributed by atoms with Gasteiger partial charge >= 0.3 is 0 Å². The number of rotatable bonds is 3. The van der Waals surface area contributed by atoms with Crippen molar-refractivity contribution in [3.05, 3.63) is 16.1 Å². The second-order valence-corrected chi connectivity index (χ2v) is 5.45. The van der Waals surface area contributed by atoms with Crippen molar-refractivity contribution >= 4 is 42.1 Å². The molecule has 7 heteroatoms. The van der Waals surface area contributed by atoms with Crippen molar-refractivity contribution in [2.24, 2.45) is 5.73 Å². The number of amides is 1. The average Bonchev–Trinajstić information content (AvgIpc) is 2.77. The standard InChI is InChI=1S/C12H19N3OS.2ClH/c1-2-11-14-10(8-17-11)6-12(16)15-5-3-4-9(13)7-15;;/h8-9H,2-7,13H2,1H3;2*1H. The number of aryl methyl sites for hydroxylation is 1. The molecule has 0 saturated carbocycles. The van der Waals surface area contributed by atoms with Crippen molar-refractivity contribution in [1.29, 1.82) is 0 Å². The number of nitrogens with zero attached hydrogens (tertiary/aromatic N) is 2. The second-order valence-electron chi connectivity index (χ2n) is 4.50. The number of piperidine rings is 1. The summed E-state index contributed by atoms with van der Waals surface area (Å²) in [4.78, 5) is 18.3. The molecule has 0 radical (unpaired) electrons. The van der Waals surface area contributed by atoms with Gasteiger partial charge < -0.3 is 10.6 Å². The third kappa shape index (κ3) is 5.26. The Morgan fingerprint density at radius 3 is 2.89 bits per heavy atom. The lowest BCUT2D eigenvalue weighted by Crippen LogP contribution is -2.46. The van der Waals surface area contributed by atoms with E-state index in [1.807, 2.05) is 10.3 Å². The highest BCUT2D eigenvalue weighted by atomic mass is 35.5. The number of carbonyl (C=O) groups is 1. The van der Waals surface area contributed by atoms with E-state index >= 15 is 0 Å². The molecule has 2 N–H and O–H groups in total. The lowest BCUT2D eigenvalue weighted by Gasteiger charge is -2.30. The van der Waals surface area contributed by atoms with E-state index in [4.69, 9.17) is 5.73 Å². The first kappa shape index (κ1) is 18.6. The quantitative estimate of drug-likeness (QED) is 0.925. The Hall–Kier alpha value is -0.360. The molecule has 1 unspecified atom stereocenters. The van der Waals surface area contributed by atoms with Crippen LogP contribution in [0, 0.1) is 0 Å². The predicted octanol–water partition coefficient (Wildman–Crippen LogP) is 2.04. The summed E-state index contributed by atoms with van der Waals surface area (Å²) >= 11 is 1.63. The first-order chi connectivity index (χ1) is 8.19. The van der Waals surface area contributed by atoms with E-state index < -0.39 is 0 Å². The molecule has 110 valence electrons. The molecule has 2 rings (SSSR count). The molecule has 0 spiro atoms. The summed E-state index contributed by atoms with van der Waals surface area (Å²) in [5.41, 5.74) is 6.77. The van der Waals surface area contributed by atoms with Crippen molar-refractivity contribution in [1.82, 2.24) is 9.88 Å². The number of hydrogen-bond donors (Lipinski definition) is 1. The molecule has 0 aliphatic carbocycles. The largest absolute Gasteiger partial charge is 0.341 e. The van der Waals surface area contributed by atoms with Gasteiger partial charge in [-0.2, -0.15) is 0 Å². The molecular formula is C12H21Cl2N3OS. The smallest absolute Gasteiger partial charge is 0.228 e. The zero-order valence-corrected chi connectivity index (χ0v) is 13.5. The van der Waals surface area contributed by atoms with Crippen LogP contribution in [0.1, 0.15) is 30.5 Å². The second kappa shape index (κ2) is 8.74. The Bertz CT molecular complexity index is 400. The van der Waals surface area contributed by atoms with Gasteiger partial charge in [0.2, 0.25) is 5.91 Å². The highest BCUT2D eigenvalue weighted by molar-refractivity contribution is 7.09. The molecule has 1 saturated heterocycles. The highest BCUT2D eigenvalue weighted by Gasteiger charge is 2.21. The number of nitrogens with two attached hydrogens (primary N) is 1. The van der Waals surface area contributed by atoms with E-state index in [1.54, 1.807) is 11.3 Å². The van der Waals surface area contributed by atoms with Gasteiger partial charge in [-0.15, -0.1) is 36.2 Å². The van der Waals surface area contributed by atoms with Crippen LogP contribution < -0.4 is 5.73 Å². The first-order valence-electron chi connectivity index (χ1n) is 6.15. The van der Waals surface area contributed by atoms with Gasteiger partial charge in [0, 0.05) is 24.5 Å². The molecule has 1 aliphatic rings. The van der Waals surface area contributed by atoms with E-state index in [2.05, 4.69) is 11.9 Å². The molecule has 2 heterocycles. The lowest BCUT2D eigenvalue weighted by molar-refractivity contribution is -0.131. The Morgan fingerprint density at radius 1 is 1.58 bits per heavy atom. The SMILES string of the molecule is CCc1nc(CC(=O)N2CCCC(N)C2)cs1.Cl.Cl. The maximum Gasteiger partial charge on any atom is 0.228 e. The number of hydrogen-bond acceptors (Lipinski definition) is 4. The summed E-state index contributed by atoms with van der Waals surface area (Å²) in [5, 5.41) is 3.09. The van der Waals surface area contributed by atoms with Crippen molar-refractivity contribution in [2.45, 2.75) is 38.6 Å². The summed E-state index contributed by atoms with van der Waals surface area (Å²) in [6, 6.07) is 0.148. The molecule has 1 aromatic rings. The van der Waals surface area contributed by atoms with E-state index in [9.17, 15) is 4.79 Å². The Kier molecular flexibility index (Phi) is 8.57. The molecule has 0 bridgehead atoms. The molecule has 1 fully saturated rings. The molecule has 1 amide bonds. The first-order valence-corrected chi connectivity index (χ1v) is 7.03. The van der Waals surface area contributed by atoms with Crippen LogP contribution in [0.4, 0.5) is 0 Å². The Balaban J connectivity index is 0.00000162. The third-order valence-electron chi connectivity index (χ3n) is 3.04. The summed E-state index contributed by atoms with van der Waals surface area (Å²) in [6.45, 7) is 3.62. The van der Waals surface area contributed by atoms with Gasteiger partial charge in [-0.1, -0.05) is 6.92 Å². The van der Waals surface area contributed by atoms with Gasteiger partial charge in [-0.3, -0.25) is 4.79 Å². The van der Waals surface area contributed by atoms with Gasteiger partial charge in [0.25, 0.3) is 0 Å². The molecule has 1 aliphatic heterocycles. The monoisotopic (exact) mass is 325 g/mol. The summed E-state index contributed by atoms with van der Waals surface area (Å²) in [7, 11) is 0. The van der Waals surface area contributed by atoms with Crippen LogP contribution in [-0.2, 0) is 17.6 Å². The van der Waals surface area contributed by atoms with Gasteiger partial charge in [-0.05, 0) is 19.3 Å². The van der Waals surface area contributed by atoms with Crippen LogP contribution in [0.2, 0.25) is 0 Å². The van der Waals surface area contributed by atoms with Crippen LogP contribution in [0.25, 0.3) is 0 Å². The highest BCUT2D eigenvalue weighted by Crippen LogP contribution is 2.14. The lowest BCUT2D eigenvalue weighted by atomic mass is 10.1. The minimum absolute atomic E-state index is 0.